The highest BCUT2D eigenvalue weighted by Gasteiger charge is 2.24. The van der Waals surface area contributed by atoms with Gasteiger partial charge in [-0.3, -0.25) is 4.79 Å². The first-order valence-corrected chi connectivity index (χ1v) is 12.3. The van der Waals surface area contributed by atoms with Crippen molar-refractivity contribution >= 4 is 29.2 Å². The molecule has 2 aromatic rings. The Hall–Kier alpha value is -2.28. The van der Waals surface area contributed by atoms with Crippen LogP contribution in [0.4, 0.5) is 11.5 Å². The number of benzene rings is 1. The lowest BCUT2D eigenvalue weighted by molar-refractivity contribution is -0.130. The number of likely N-dealkylation sites (tertiary alicyclic amines) is 1. The van der Waals surface area contributed by atoms with Crippen LogP contribution in [0.5, 0.6) is 0 Å². The van der Waals surface area contributed by atoms with Crippen LogP contribution in [0.25, 0.3) is 0 Å². The molecule has 166 valence electrons. The first kappa shape index (κ1) is 21.9. The van der Waals surface area contributed by atoms with Gasteiger partial charge in [-0.15, -0.1) is 0 Å². The Morgan fingerprint density at radius 3 is 2.58 bits per heavy atom. The molecule has 1 aromatic carbocycles. The molecule has 2 aliphatic rings. The number of carbonyl (C=O) groups excluding carboxylic acids is 1. The maximum absolute atomic E-state index is 12.7. The molecular formula is C24H33N5OS. The van der Waals surface area contributed by atoms with E-state index in [1.54, 1.807) is 12.4 Å². The van der Waals surface area contributed by atoms with Crippen molar-refractivity contribution in [1.29, 1.82) is 0 Å². The molecule has 0 saturated carbocycles. The molecule has 0 N–H and O–H groups in total. The van der Waals surface area contributed by atoms with E-state index in [4.69, 9.17) is 0 Å². The SMILES string of the molecule is Cc1cccc(N2CCN(c3nccnc3SCC(=O)N3CCC[C@H](C)C3)CC2)c1C. The molecule has 4 rings (SSSR count). The first-order chi connectivity index (χ1) is 15.0. The van der Waals surface area contributed by atoms with Crippen molar-refractivity contribution in [3.63, 3.8) is 0 Å². The van der Waals surface area contributed by atoms with Crippen molar-refractivity contribution in [2.45, 2.75) is 38.6 Å². The molecule has 1 atom stereocenters. The predicted molar refractivity (Wildman–Crippen MR) is 128 cm³/mol. The molecule has 2 saturated heterocycles. The fourth-order valence-electron chi connectivity index (χ4n) is 4.51. The summed E-state index contributed by atoms with van der Waals surface area (Å²) in [6.07, 6.45) is 5.81. The third kappa shape index (κ3) is 5.14. The van der Waals surface area contributed by atoms with Gasteiger partial charge in [-0.2, -0.15) is 0 Å². The molecule has 6 nitrogen and oxygen atoms in total. The zero-order chi connectivity index (χ0) is 21.8. The van der Waals surface area contributed by atoms with Crippen molar-refractivity contribution in [2.24, 2.45) is 5.92 Å². The smallest absolute Gasteiger partial charge is 0.233 e. The zero-order valence-electron chi connectivity index (χ0n) is 18.9. The molecule has 0 spiro atoms. The summed E-state index contributed by atoms with van der Waals surface area (Å²) in [6, 6.07) is 6.53. The third-order valence-corrected chi connectivity index (χ3v) is 7.44. The standard InChI is InChI=1S/C24H33N5OS/c1-18-6-5-11-29(16-18)22(30)17-31-24-23(25-9-10-26-24)28-14-12-27(13-15-28)21-8-4-7-19(2)20(21)3/h4,7-10,18H,5-6,11-17H2,1-3H3/t18-/m0/s1. The van der Waals surface area contributed by atoms with E-state index in [2.05, 4.69) is 58.7 Å². The molecule has 31 heavy (non-hydrogen) atoms. The van der Waals surface area contributed by atoms with Gasteiger partial charge in [-0.1, -0.05) is 30.8 Å². The Labute approximate surface area is 190 Å². The second-order valence-corrected chi connectivity index (χ2v) is 9.72. The summed E-state index contributed by atoms with van der Waals surface area (Å²) in [6.45, 7) is 12.1. The summed E-state index contributed by atoms with van der Waals surface area (Å²) in [5.74, 6) is 2.16. The number of rotatable bonds is 5. The molecule has 0 unspecified atom stereocenters. The topological polar surface area (TPSA) is 52.6 Å². The Kier molecular flexibility index (Phi) is 7.00. The minimum absolute atomic E-state index is 0.216. The van der Waals surface area contributed by atoms with Crippen LogP contribution < -0.4 is 9.80 Å². The van der Waals surface area contributed by atoms with E-state index in [1.165, 1.54) is 35.0 Å². The summed E-state index contributed by atoms with van der Waals surface area (Å²) < 4.78 is 0. The molecule has 2 fully saturated rings. The molecule has 0 aliphatic carbocycles. The summed E-state index contributed by atoms with van der Waals surface area (Å²) in [4.78, 5) is 28.7. The van der Waals surface area contributed by atoms with Crippen LogP contribution in [0.3, 0.4) is 0 Å². The van der Waals surface area contributed by atoms with Gasteiger partial charge in [0.2, 0.25) is 5.91 Å². The van der Waals surface area contributed by atoms with Crippen LogP contribution in [0.1, 0.15) is 30.9 Å². The summed E-state index contributed by atoms with van der Waals surface area (Å²) in [7, 11) is 0. The normalized spacial score (nSPS) is 19.6. The van der Waals surface area contributed by atoms with E-state index in [0.717, 1.165) is 56.5 Å². The highest BCUT2D eigenvalue weighted by molar-refractivity contribution is 8.00. The van der Waals surface area contributed by atoms with Crippen molar-refractivity contribution < 1.29 is 4.79 Å². The van der Waals surface area contributed by atoms with Crippen molar-refractivity contribution in [1.82, 2.24) is 14.9 Å². The van der Waals surface area contributed by atoms with Gasteiger partial charge in [0.25, 0.3) is 0 Å². The second kappa shape index (κ2) is 9.90. The molecule has 0 radical (unpaired) electrons. The summed E-state index contributed by atoms with van der Waals surface area (Å²) >= 11 is 1.53. The molecule has 7 heteroatoms. The molecular weight excluding hydrogens is 406 g/mol. The Balaban J connectivity index is 1.38. The molecule has 3 heterocycles. The molecule has 0 bridgehead atoms. The largest absolute Gasteiger partial charge is 0.368 e. The number of hydrogen-bond donors (Lipinski definition) is 0. The van der Waals surface area contributed by atoms with Gasteiger partial charge in [-0.25, -0.2) is 9.97 Å². The van der Waals surface area contributed by atoms with E-state index in [9.17, 15) is 4.79 Å². The van der Waals surface area contributed by atoms with Gasteiger partial charge < -0.3 is 14.7 Å². The van der Waals surface area contributed by atoms with Crippen molar-refractivity contribution in [2.75, 3.05) is 54.8 Å². The molecule has 1 amide bonds. The van der Waals surface area contributed by atoms with Crippen LogP contribution >= 0.6 is 11.8 Å². The van der Waals surface area contributed by atoms with Crippen LogP contribution in [0.2, 0.25) is 0 Å². The van der Waals surface area contributed by atoms with Gasteiger partial charge in [-0.05, 0) is 49.8 Å². The highest BCUT2D eigenvalue weighted by Crippen LogP contribution is 2.29. The van der Waals surface area contributed by atoms with Gasteiger partial charge in [0.05, 0.1) is 5.75 Å². The molecule has 1 aromatic heterocycles. The number of thioether (sulfide) groups is 1. The number of anilines is 2. The first-order valence-electron chi connectivity index (χ1n) is 11.3. The van der Waals surface area contributed by atoms with Gasteiger partial charge in [0, 0.05) is 57.3 Å². The highest BCUT2D eigenvalue weighted by atomic mass is 32.2. The fraction of sp³-hybridized carbons (Fsp3) is 0.542. The van der Waals surface area contributed by atoms with E-state index >= 15 is 0 Å². The Morgan fingerprint density at radius 1 is 1.06 bits per heavy atom. The minimum atomic E-state index is 0.216. The van der Waals surface area contributed by atoms with E-state index in [1.807, 2.05) is 4.90 Å². The minimum Gasteiger partial charge on any atom is -0.368 e. The van der Waals surface area contributed by atoms with Crippen molar-refractivity contribution in [3.05, 3.63) is 41.7 Å². The van der Waals surface area contributed by atoms with Crippen LogP contribution in [0, 0.1) is 19.8 Å². The fourth-order valence-corrected chi connectivity index (χ4v) is 5.40. The summed E-state index contributed by atoms with van der Waals surface area (Å²) in [5.41, 5.74) is 4.02. The predicted octanol–water partition coefficient (Wildman–Crippen LogP) is 3.77. The number of carbonyl (C=O) groups is 1. The van der Waals surface area contributed by atoms with Gasteiger partial charge in [0.15, 0.2) is 5.82 Å². The number of amides is 1. The van der Waals surface area contributed by atoms with E-state index < -0.39 is 0 Å². The summed E-state index contributed by atoms with van der Waals surface area (Å²) in [5, 5.41) is 0.862. The maximum atomic E-state index is 12.7. The maximum Gasteiger partial charge on any atom is 0.233 e. The zero-order valence-corrected chi connectivity index (χ0v) is 19.7. The number of hydrogen-bond acceptors (Lipinski definition) is 6. The van der Waals surface area contributed by atoms with E-state index in [-0.39, 0.29) is 5.91 Å². The molecule has 2 aliphatic heterocycles. The van der Waals surface area contributed by atoms with Gasteiger partial charge in [0.1, 0.15) is 5.03 Å². The Bertz CT molecular complexity index is 913. The third-order valence-electron chi connectivity index (χ3n) is 6.48. The Morgan fingerprint density at radius 2 is 1.81 bits per heavy atom. The van der Waals surface area contributed by atoms with E-state index in [0.29, 0.717) is 11.7 Å². The van der Waals surface area contributed by atoms with Crippen LogP contribution in [0.15, 0.2) is 35.6 Å². The average Bonchev–Trinajstić information content (AvgIpc) is 2.80. The average molecular weight is 440 g/mol. The number of aryl methyl sites for hydroxylation is 1. The number of nitrogens with zero attached hydrogens (tertiary/aromatic N) is 5. The number of piperidine rings is 1. The lowest BCUT2D eigenvalue weighted by Crippen LogP contribution is -2.47. The van der Waals surface area contributed by atoms with Crippen LogP contribution in [-0.2, 0) is 4.79 Å². The lowest BCUT2D eigenvalue weighted by Gasteiger charge is -2.38. The number of aromatic nitrogens is 2. The monoisotopic (exact) mass is 439 g/mol. The number of piperazine rings is 1. The van der Waals surface area contributed by atoms with Crippen LogP contribution in [-0.4, -0.2) is 65.8 Å². The van der Waals surface area contributed by atoms with Gasteiger partial charge >= 0.3 is 0 Å². The quantitative estimate of drug-likeness (QED) is 0.661. The van der Waals surface area contributed by atoms with Crippen molar-refractivity contribution in [3.8, 4) is 0 Å². The second-order valence-electron chi connectivity index (χ2n) is 8.75. The lowest BCUT2D eigenvalue weighted by atomic mass is 10.0.